The van der Waals surface area contributed by atoms with Crippen LogP contribution in [0.3, 0.4) is 0 Å². The van der Waals surface area contributed by atoms with Gasteiger partial charge in [0.1, 0.15) is 5.75 Å². The summed E-state index contributed by atoms with van der Waals surface area (Å²) in [6.07, 6.45) is 1.20. The van der Waals surface area contributed by atoms with Gasteiger partial charge in [-0.3, -0.25) is 10.1 Å². The Bertz CT molecular complexity index is 429. The molecule has 0 fully saturated rings. The van der Waals surface area contributed by atoms with Gasteiger partial charge >= 0.3 is 0 Å². The van der Waals surface area contributed by atoms with Gasteiger partial charge in [-0.15, -0.1) is 0 Å². The van der Waals surface area contributed by atoms with Crippen molar-refractivity contribution >= 4 is 5.69 Å². The average molecular weight is 267 g/mol. The highest BCUT2D eigenvalue weighted by Crippen LogP contribution is 2.29. The van der Waals surface area contributed by atoms with Crippen LogP contribution in [0.15, 0.2) is 18.2 Å². The standard InChI is InChI=1S/C14H21NO4/c1-10(2)5-4-8-19-14-7-6-12(15(17)18)9-13(14)11(3)16/h6-7,9-11,16H,4-5,8H2,1-3H3/t11-/m1/s1. The van der Waals surface area contributed by atoms with Crippen molar-refractivity contribution in [1.29, 1.82) is 0 Å². The molecule has 1 aromatic carbocycles. The van der Waals surface area contributed by atoms with Gasteiger partial charge in [0, 0.05) is 17.7 Å². The van der Waals surface area contributed by atoms with Crippen molar-refractivity contribution < 1.29 is 14.8 Å². The molecule has 1 rings (SSSR count). The van der Waals surface area contributed by atoms with E-state index in [0.717, 1.165) is 12.8 Å². The van der Waals surface area contributed by atoms with E-state index in [1.807, 2.05) is 0 Å². The summed E-state index contributed by atoms with van der Waals surface area (Å²) in [4.78, 5) is 10.2. The van der Waals surface area contributed by atoms with Crippen LogP contribution in [-0.4, -0.2) is 16.6 Å². The van der Waals surface area contributed by atoms with Gasteiger partial charge < -0.3 is 9.84 Å². The van der Waals surface area contributed by atoms with E-state index >= 15 is 0 Å². The van der Waals surface area contributed by atoms with Crippen molar-refractivity contribution in [2.24, 2.45) is 5.92 Å². The highest BCUT2D eigenvalue weighted by Gasteiger charge is 2.15. The molecular weight excluding hydrogens is 246 g/mol. The summed E-state index contributed by atoms with van der Waals surface area (Å²) in [7, 11) is 0. The minimum absolute atomic E-state index is 0.0366. The zero-order chi connectivity index (χ0) is 14.4. The van der Waals surface area contributed by atoms with E-state index in [1.165, 1.54) is 12.1 Å². The minimum atomic E-state index is -0.792. The molecule has 0 bridgehead atoms. The Morgan fingerprint density at radius 1 is 1.37 bits per heavy atom. The summed E-state index contributed by atoms with van der Waals surface area (Å²) in [5.41, 5.74) is 0.421. The van der Waals surface area contributed by atoms with Crippen molar-refractivity contribution in [3.05, 3.63) is 33.9 Å². The Hall–Kier alpha value is -1.62. The van der Waals surface area contributed by atoms with E-state index < -0.39 is 11.0 Å². The largest absolute Gasteiger partial charge is 0.493 e. The monoisotopic (exact) mass is 267 g/mol. The zero-order valence-electron chi connectivity index (χ0n) is 11.6. The number of hydrogen-bond acceptors (Lipinski definition) is 4. The number of nitrogens with zero attached hydrogens (tertiary/aromatic N) is 1. The number of aliphatic hydroxyl groups excluding tert-OH is 1. The molecule has 0 heterocycles. The maximum absolute atomic E-state index is 10.7. The molecule has 0 spiro atoms. The van der Waals surface area contributed by atoms with E-state index in [9.17, 15) is 15.2 Å². The minimum Gasteiger partial charge on any atom is -0.493 e. The maximum Gasteiger partial charge on any atom is 0.270 e. The second-order valence-electron chi connectivity index (χ2n) is 5.04. The Morgan fingerprint density at radius 3 is 2.58 bits per heavy atom. The van der Waals surface area contributed by atoms with Gasteiger partial charge in [-0.2, -0.15) is 0 Å². The molecule has 0 aliphatic heterocycles. The quantitative estimate of drug-likeness (QED) is 0.466. The molecule has 19 heavy (non-hydrogen) atoms. The lowest BCUT2D eigenvalue weighted by Crippen LogP contribution is -2.04. The molecule has 0 saturated carbocycles. The first-order valence-corrected chi connectivity index (χ1v) is 6.51. The molecule has 0 saturated heterocycles. The molecule has 0 unspecified atom stereocenters. The first kappa shape index (κ1) is 15.4. The maximum atomic E-state index is 10.7. The van der Waals surface area contributed by atoms with Crippen molar-refractivity contribution in [2.75, 3.05) is 6.61 Å². The first-order chi connectivity index (χ1) is 8.91. The smallest absolute Gasteiger partial charge is 0.270 e. The predicted octanol–water partition coefficient (Wildman–Crippen LogP) is 3.46. The molecule has 106 valence electrons. The van der Waals surface area contributed by atoms with Crippen LogP contribution in [0.25, 0.3) is 0 Å². The van der Waals surface area contributed by atoms with Crippen LogP contribution in [0.4, 0.5) is 5.69 Å². The van der Waals surface area contributed by atoms with E-state index in [1.54, 1.807) is 13.0 Å². The number of aliphatic hydroxyl groups is 1. The number of benzene rings is 1. The normalized spacial score (nSPS) is 12.5. The fraction of sp³-hybridized carbons (Fsp3) is 0.571. The van der Waals surface area contributed by atoms with Gasteiger partial charge in [0.05, 0.1) is 17.6 Å². The Labute approximate surface area is 113 Å². The molecular formula is C14H21NO4. The number of ether oxygens (including phenoxy) is 1. The average Bonchev–Trinajstić information content (AvgIpc) is 2.34. The van der Waals surface area contributed by atoms with Gasteiger partial charge in [-0.1, -0.05) is 13.8 Å². The summed E-state index contributed by atoms with van der Waals surface area (Å²) >= 11 is 0. The van der Waals surface area contributed by atoms with Crippen molar-refractivity contribution in [2.45, 2.75) is 39.7 Å². The predicted molar refractivity (Wildman–Crippen MR) is 73.3 cm³/mol. The lowest BCUT2D eigenvalue weighted by molar-refractivity contribution is -0.385. The van der Waals surface area contributed by atoms with Crippen molar-refractivity contribution in [1.82, 2.24) is 0 Å². The molecule has 0 aliphatic rings. The number of rotatable bonds is 7. The second kappa shape index (κ2) is 7.09. The fourth-order valence-electron chi connectivity index (χ4n) is 1.78. The van der Waals surface area contributed by atoms with Crippen LogP contribution in [0, 0.1) is 16.0 Å². The third-order valence-electron chi connectivity index (χ3n) is 2.84. The van der Waals surface area contributed by atoms with Gasteiger partial charge in [-0.05, 0) is 31.7 Å². The van der Waals surface area contributed by atoms with Crippen LogP contribution in [0.1, 0.15) is 45.3 Å². The van der Waals surface area contributed by atoms with Crippen LogP contribution in [-0.2, 0) is 0 Å². The first-order valence-electron chi connectivity index (χ1n) is 6.51. The Kier molecular flexibility index (Phi) is 5.76. The van der Waals surface area contributed by atoms with Crippen molar-refractivity contribution in [3.63, 3.8) is 0 Å². The molecule has 1 N–H and O–H groups in total. The number of non-ortho nitro benzene ring substituents is 1. The number of nitro benzene ring substituents is 1. The van der Waals surface area contributed by atoms with Crippen LogP contribution < -0.4 is 4.74 Å². The Morgan fingerprint density at radius 2 is 2.05 bits per heavy atom. The summed E-state index contributed by atoms with van der Waals surface area (Å²) in [5, 5.41) is 20.4. The summed E-state index contributed by atoms with van der Waals surface area (Å²) in [6, 6.07) is 4.31. The van der Waals surface area contributed by atoms with Gasteiger partial charge in [0.2, 0.25) is 0 Å². The SMILES string of the molecule is CC(C)CCCOc1ccc([N+](=O)[O-])cc1[C@@H](C)O. The summed E-state index contributed by atoms with van der Waals surface area (Å²) in [5.74, 6) is 1.14. The highest BCUT2D eigenvalue weighted by molar-refractivity contribution is 5.44. The summed E-state index contributed by atoms with van der Waals surface area (Å²) in [6.45, 7) is 6.41. The Balaban J connectivity index is 2.74. The molecule has 0 radical (unpaired) electrons. The van der Waals surface area contributed by atoms with Crippen LogP contribution >= 0.6 is 0 Å². The second-order valence-corrected chi connectivity index (χ2v) is 5.04. The molecule has 1 aromatic rings. The van der Waals surface area contributed by atoms with E-state index in [2.05, 4.69) is 13.8 Å². The lowest BCUT2D eigenvalue weighted by Gasteiger charge is -2.13. The molecule has 0 aromatic heterocycles. The highest BCUT2D eigenvalue weighted by atomic mass is 16.6. The third kappa shape index (κ3) is 4.87. The molecule has 0 aliphatic carbocycles. The number of hydrogen-bond donors (Lipinski definition) is 1. The van der Waals surface area contributed by atoms with E-state index in [-0.39, 0.29) is 5.69 Å². The van der Waals surface area contributed by atoms with Gasteiger partial charge in [0.25, 0.3) is 5.69 Å². The lowest BCUT2D eigenvalue weighted by atomic mass is 10.1. The molecule has 0 amide bonds. The third-order valence-corrected chi connectivity index (χ3v) is 2.84. The molecule has 5 nitrogen and oxygen atoms in total. The van der Waals surface area contributed by atoms with Crippen LogP contribution in [0.2, 0.25) is 0 Å². The van der Waals surface area contributed by atoms with Crippen LogP contribution in [0.5, 0.6) is 5.75 Å². The molecule has 5 heteroatoms. The fourth-order valence-corrected chi connectivity index (χ4v) is 1.78. The van der Waals surface area contributed by atoms with Gasteiger partial charge in [-0.25, -0.2) is 0 Å². The molecule has 1 atom stereocenters. The summed E-state index contributed by atoms with van der Waals surface area (Å²) < 4.78 is 5.60. The van der Waals surface area contributed by atoms with E-state index in [0.29, 0.717) is 23.8 Å². The van der Waals surface area contributed by atoms with Gasteiger partial charge in [0.15, 0.2) is 0 Å². The topological polar surface area (TPSA) is 72.6 Å². The zero-order valence-corrected chi connectivity index (χ0v) is 11.6. The van der Waals surface area contributed by atoms with Crippen molar-refractivity contribution in [3.8, 4) is 5.75 Å². The van der Waals surface area contributed by atoms with E-state index in [4.69, 9.17) is 4.74 Å². The number of nitro groups is 1.